The van der Waals surface area contributed by atoms with Crippen LogP contribution in [0.5, 0.6) is 0 Å². The normalized spacial score (nSPS) is 11.2. The Bertz CT molecular complexity index is 4360. The van der Waals surface area contributed by atoms with E-state index in [1.54, 1.807) is 14.2 Å². The standard InChI is InChI=1S/C19H32O.2C17H28O.C16H26O.C16H26.C15H24O.2C14H22O.C13H20O/c1-4-7-9-17-10-8-11-18(16-17)12-15-19(20,13-5-2)14-6-3;1-4-7-9-15-10-8-11-16(14-15)12-13-17(18,5-2)6-3;1-3-4-10-16-12-9-13-17(15-16)11-7-5-6-8-14-18-2;1-2-3-9-15-11-8-12-16(14-15)10-6-4-5-7-13-17;1-5-6-8-14-9-7-10-15(13-14)11-12-16(2,3)4;1-4-5-7-13-8-6-9-14(12-13)10-11-15(2,3)16;1-3-4-7-13-8-5-9-14(12-13)10-6-11-15-2;1-2-3-7-13-9-6-10-14(12-13)8-4-5-11-15;1-2-3-6-12-7-4-8-13(11-12)9-5-10-14/h8,10-11,16,20H,4-7,9,12-15H2,1-3H3;8,10-11,14,18H,4-7,9,12-13H2,1-3H3;9,12-13,15H,3-8,10-11,14H2,1-2H3;8,11-12,14,17H,2-7,9-10,13H2,1H3;7,9-10,13H,5-6,8,11-12H2,1-4H3;6,8-9,12,16H,4-5,7,10-11H2,1-3H3;5,8-9,12H,3-4,6-7,10-11H2,1-2H3;6,9-10,12,15H,2-5,7-8,11H2,1H3;4,7-8,11,14H,2-3,5-6,9-10H2,1H3. The van der Waals surface area contributed by atoms with Crippen molar-refractivity contribution in [1.82, 2.24) is 0 Å². The molecule has 9 rings (SSSR count). The molecule has 840 valence electrons. The van der Waals surface area contributed by atoms with Crippen LogP contribution >= 0.6 is 0 Å². The summed E-state index contributed by atoms with van der Waals surface area (Å²) in [5.74, 6) is 0. The highest BCUT2D eigenvalue weighted by Gasteiger charge is 2.25. The summed E-state index contributed by atoms with van der Waals surface area (Å²) in [6, 6.07) is 80.4. The van der Waals surface area contributed by atoms with Crippen LogP contribution in [-0.2, 0) is 125 Å². The van der Waals surface area contributed by atoms with Gasteiger partial charge in [0.05, 0.1) is 16.8 Å². The van der Waals surface area contributed by atoms with Crippen molar-refractivity contribution in [3.8, 4) is 0 Å². The molecule has 0 amide bonds. The van der Waals surface area contributed by atoms with Gasteiger partial charge in [0, 0.05) is 47.3 Å². The number of aryl methyl sites for hydroxylation is 18. The van der Waals surface area contributed by atoms with Crippen molar-refractivity contribution in [2.75, 3.05) is 47.3 Å². The maximum Gasteiger partial charge on any atom is 0.0650 e. The van der Waals surface area contributed by atoms with Gasteiger partial charge >= 0.3 is 0 Å². The van der Waals surface area contributed by atoms with Gasteiger partial charge in [-0.15, -0.1) is 0 Å². The van der Waals surface area contributed by atoms with Crippen molar-refractivity contribution in [3.63, 3.8) is 0 Å². The van der Waals surface area contributed by atoms with Crippen LogP contribution in [0.3, 0.4) is 0 Å². The second-order valence-corrected chi connectivity index (χ2v) is 44.5. The van der Waals surface area contributed by atoms with E-state index in [2.05, 4.69) is 329 Å². The molecule has 9 aromatic carbocycles. The number of hydrogen-bond acceptors (Lipinski definition) is 8. The van der Waals surface area contributed by atoms with E-state index < -0.39 is 16.8 Å². The van der Waals surface area contributed by atoms with Crippen molar-refractivity contribution in [3.05, 3.63) is 319 Å². The first-order valence-corrected chi connectivity index (χ1v) is 60.8. The van der Waals surface area contributed by atoms with E-state index in [4.69, 9.17) is 24.8 Å². The van der Waals surface area contributed by atoms with Crippen LogP contribution in [0.1, 0.15) is 482 Å². The van der Waals surface area contributed by atoms with Gasteiger partial charge in [-0.1, -0.05) is 425 Å². The zero-order valence-corrected chi connectivity index (χ0v) is 99.8. The van der Waals surface area contributed by atoms with Gasteiger partial charge in [-0.25, -0.2) is 0 Å². The zero-order chi connectivity index (χ0) is 110. The number of hydrogen-bond donors (Lipinski definition) is 6. The maximum atomic E-state index is 10.7. The highest BCUT2D eigenvalue weighted by atomic mass is 16.5. The van der Waals surface area contributed by atoms with Crippen molar-refractivity contribution in [1.29, 1.82) is 0 Å². The van der Waals surface area contributed by atoms with Crippen LogP contribution < -0.4 is 0 Å². The Morgan fingerprint density at radius 2 is 0.362 bits per heavy atom. The quantitative estimate of drug-likeness (QED) is 0.0207. The van der Waals surface area contributed by atoms with Crippen LogP contribution in [0.25, 0.3) is 0 Å². The van der Waals surface area contributed by atoms with E-state index in [-0.39, 0.29) is 0 Å². The summed E-state index contributed by atoms with van der Waals surface area (Å²) in [5.41, 5.74) is 24.9. The molecule has 0 bridgehead atoms. The minimum absolute atomic E-state index is 0.291. The summed E-state index contributed by atoms with van der Waals surface area (Å²) in [4.78, 5) is 0. The van der Waals surface area contributed by atoms with Crippen LogP contribution in [0.2, 0.25) is 0 Å². The van der Waals surface area contributed by atoms with Gasteiger partial charge < -0.3 is 40.1 Å². The molecule has 0 unspecified atom stereocenters. The molecular weight excluding hydrogens is 1820 g/mol. The predicted octanol–water partition coefficient (Wildman–Crippen LogP) is 37.4. The Labute approximate surface area is 919 Å². The Morgan fingerprint density at radius 1 is 0.181 bits per heavy atom. The first-order chi connectivity index (χ1) is 72.1. The summed E-state index contributed by atoms with van der Waals surface area (Å²) < 4.78 is 10.1. The molecule has 0 atom stereocenters. The van der Waals surface area contributed by atoms with Crippen LogP contribution in [-0.4, -0.2) is 94.7 Å². The minimum Gasteiger partial charge on any atom is -0.396 e. The smallest absolute Gasteiger partial charge is 0.0650 e. The number of rotatable bonds is 68. The lowest BCUT2D eigenvalue weighted by atomic mass is 9.86. The number of methoxy groups -OCH3 is 2. The first kappa shape index (κ1) is 140. The lowest BCUT2D eigenvalue weighted by Crippen LogP contribution is -2.28. The molecule has 0 saturated heterocycles. The third-order valence-corrected chi connectivity index (χ3v) is 28.2. The van der Waals surface area contributed by atoms with E-state index >= 15 is 0 Å². The predicted molar refractivity (Wildman–Crippen MR) is 654 cm³/mol. The molecule has 9 aromatic rings. The molecule has 0 aliphatic carbocycles. The molecule has 149 heavy (non-hydrogen) atoms. The largest absolute Gasteiger partial charge is 0.396 e. The second kappa shape index (κ2) is 93.1. The van der Waals surface area contributed by atoms with Gasteiger partial charge in [0.15, 0.2) is 0 Å². The molecule has 0 radical (unpaired) electrons. The van der Waals surface area contributed by atoms with E-state index in [0.717, 1.165) is 148 Å². The SMILES string of the molecule is CCCCc1cccc(CCC(C)(C)C)c1.CCCCc1cccc(CCC(C)(C)O)c1.CCCCc1cccc(CCC(O)(CC)CC)c1.CCCCc1cccc(CCC(O)(CCC)CCC)c1.CCCCc1cccc(CCCCCCO)c1.CCCCc1cccc(CCCCCCOC)c1.CCCCc1cccc(CCCCO)c1.CCCCc1cccc(CCCO)c1.CCCCc1cccc(CCCOC)c1. The number of unbranched alkanes of at least 4 members (excludes halogenated alkanes) is 16. The first-order valence-electron chi connectivity index (χ1n) is 60.8. The molecule has 6 N–H and O–H groups in total. The molecule has 0 aromatic heterocycles. The van der Waals surface area contributed by atoms with E-state index in [0.29, 0.717) is 25.2 Å². The van der Waals surface area contributed by atoms with Gasteiger partial charge in [-0.05, 0) is 395 Å². The number of benzene rings is 9. The Balaban J connectivity index is 0.000000839. The van der Waals surface area contributed by atoms with Crippen molar-refractivity contribution < 1.29 is 40.1 Å². The number of aliphatic hydroxyl groups excluding tert-OH is 3. The lowest BCUT2D eigenvalue weighted by molar-refractivity contribution is 0.0132. The Hall–Kier alpha value is -7.34. The lowest BCUT2D eigenvalue weighted by Gasteiger charge is -2.27. The molecule has 8 heteroatoms. The average molecular weight is 2050 g/mol. The van der Waals surface area contributed by atoms with Crippen molar-refractivity contribution >= 4 is 0 Å². The zero-order valence-electron chi connectivity index (χ0n) is 99.8. The summed E-state index contributed by atoms with van der Waals surface area (Å²) in [7, 11) is 3.54. The van der Waals surface area contributed by atoms with Crippen LogP contribution in [0.15, 0.2) is 218 Å². The molecular formula is C141H228O8. The van der Waals surface area contributed by atoms with Gasteiger partial charge in [0.2, 0.25) is 0 Å². The van der Waals surface area contributed by atoms with Gasteiger partial charge in [-0.3, -0.25) is 0 Å². The average Bonchev–Trinajstić information content (AvgIpc) is 0.896. The molecule has 0 heterocycles. The monoisotopic (exact) mass is 2050 g/mol. The maximum absolute atomic E-state index is 10.7. The third-order valence-electron chi connectivity index (χ3n) is 28.2. The third kappa shape index (κ3) is 78.5. The van der Waals surface area contributed by atoms with Crippen molar-refractivity contribution in [2.45, 2.75) is 514 Å². The number of aliphatic hydroxyl groups is 6. The molecule has 0 saturated carbocycles. The molecule has 0 fully saturated rings. The minimum atomic E-state index is -0.556. The fourth-order valence-corrected chi connectivity index (χ4v) is 18.4. The molecule has 8 nitrogen and oxygen atoms in total. The van der Waals surface area contributed by atoms with Gasteiger partial charge in [-0.2, -0.15) is 0 Å². The molecule has 0 aliphatic rings. The summed E-state index contributed by atoms with van der Waals surface area (Å²) in [5, 5.41) is 56.8. The van der Waals surface area contributed by atoms with Crippen LogP contribution in [0, 0.1) is 5.41 Å². The fraction of sp³-hybridized carbons (Fsp3) is 0.617. The Kier molecular flexibility index (Phi) is 87.3. The highest BCUT2D eigenvalue weighted by Crippen LogP contribution is 2.29. The van der Waals surface area contributed by atoms with E-state index in [1.807, 2.05) is 13.8 Å². The van der Waals surface area contributed by atoms with Crippen molar-refractivity contribution in [2.24, 2.45) is 5.41 Å². The summed E-state index contributed by atoms with van der Waals surface area (Å²) in [6.45, 7) is 42.0. The fourth-order valence-electron chi connectivity index (χ4n) is 18.4. The van der Waals surface area contributed by atoms with E-state index in [1.165, 1.54) is 338 Å². The Morgan fingerprint density at radius 3 is 0.577 bits per heavy atom. The topological polar surface area (TPSA) is 140 Å². The highest BCUT2D eigenvalue weighted by molar-refractivity contribution is 5.31. The molecule has 0 spiro atoms. The van der Waals surface area contributed by atoms with Crippen LogP contribution in [0.4, 0.5) is 0 Å². The van der Waals surface area contributed by atoms with Gasteiger partial charge in [0.25, 0.3) is 0 Å². The number of ether oxygens (including phenoxy) is 2. The molecule has 0 aliphatic heterocycles. The van der Waals surface area contributed by atoms with E-state index in [9.17, 15) is 15.3 Å². The summed E-state index contributed by atoms with van der Waals surface area (Å²) in [6.07, 6.45) is 66.7. The second-order valence-electron chi connectivity index (χ2n) is 44.5. The van der Waals surface area contributed by atoms with Gasteiger partial charge in [0.1, 0.15) is 0 Å². The summed E-state index contributed by atoms with van der Waals surface area (Å²) >= 11 is 0.